The molecule has 3 rings (SSSR count). The summed E-state index contributed by atoms with van der Waals surface area (Å²) < 4.78 is 5.26. The van der Waals surface area contributed by atoms with Crippen molar-refractivity contribution in [3.8, 4) is 0 Å². The van der Waals surface area contributed by atoms with Crippen molar-refractivity contribution in [2.24, 2.45) is 5.92 Å². The van der Waals surface area contributed by atoms with Gasteiger partial charge in [-0.25, -0.2) is 0 Å². The van der Waals surface area contributed by atoms with Gasteiger partial charge in [0.2, 0.25) is 11.8 Å². The first kappa shape index (κ1) is 13.1. The van der Waals surface area contributed by atoms with Crippen LogP contribution in [0.2, 0.25) is 0 Å². The monoisotopic (exact) mass is 274 g/mol. The fraction of sp³-hybridized carbons (Fsp3) is 0.467. The van der Waals surface area contributed by atoms with E-state index in [9.17, 15) is 9.59 Å². The van der Waals surface area contributed by atoms with E-state index in [1.807, 2.05) is 24.3 Å². The Morgan fingerprint density at radius 2 is 2.15 bits per heavy atom. The third-order valence-corrected chi connectivity index (χ3v) is 3.81. The van der Waals surface area contributed by atoms with Gasteiger partial charge in [0.15, 0.2) is 0 Å². The standard InChI is InChI=1S/C15H18N2O3/c18-14(9-11-6-8-20-10-11)16-12-1-3-13(4-2-12)17-7-5-15(17)19/h1-4,11H,5-10H2,(H,16,18). The highest BCUT2D eigenvalue weighted by molar-refractivity contribution is 5.99. The molecule has 106 valence electrons. The highest BCUT2D eigenvalue weighted by atomic mass is 16.5. The summed E-state index contributed by atoms with van der Waals surface area (Å²) in [5, 5.41) is 2.88. The van der Waals surface area contributed by atoms with Crippen LogP contribution in [0.3, 0.4) is 0 Å². The molecule has 0 aliphatic carbocycles. The van der Waals surface area contributed by atoms with Crippen molar-refractivity contribution in [2.75, 3.05) is 30.0 Å². The molecule has 1 unspecified atom stereocenters. The van der Waals surface area contributed by atoms with Gasteiger partial charge in [-0.15, -0.1) is 0 Å². The number of nitrogens with zero attached hydrogens (tertiary/aromatic N) is 1. The van der Waals surface area contributed by atoms with Gasteiger partial charge in [-0.05, 0) is 36.6 Å². The zero-order chi connectivity index (χ0) is 13.9. The molecule has 5 heteroatoms. The molecule has 0 bridgehead atoms. The summed E-state index contributed by atoms with van der Waals surface area (Å²) in [6.07, 6.45) is 2.09. The first-order valence-corrected chi connectivity index (χ1v) is 7.00. The molecular weight excluding hydrogens is 256 g/mol. The Labute approximate surface area is 117 Å². The molecule has 1 N–H and O–H groups in total. The minimum absolute atomic E-state index is 0.0216. The Morgan fingerprint density at radius 1 is 1.35 bits per heavy atom. The number of β-lactam (4-membered cyclic amide) rings is 1. The lowest BCUT2D eigenvalue weighted by molar-refractivity contribution is -0.122. The van der Waals surface area contributed by atoms with Crippen molar-refractivity contribution < 1.29 is 14.3 Å². The van der Waals surface area contributed by atoms with Gasteiger partial charge in [-0.1, -0.05) is 0 Å². The van der Waals surface area contributed by atoms with E-state index in [0.29, 0.717) is 25.4 Å². The van der Waals surface area contributed by atoms with E-state index in [0.717, 1.165) is 30.9 Å². The van der Waals surface area contributed by atoms with E-state index in [1.54, 1.807) is 4.90 Å². The van der Waals surface area contributed by atoms with Crippen LogP contribution in [0.1, 0.15) is 19.3 Å². The number of hydrogen-bond acceptors (Lipinski definition) is 3. The zero-order valence-electron chi connectivity index (χ0n) is 11.3. The van der Waals surface area contributed by atoms with Crippen molar-refractivity contribution >= 4 is 23.2 Å². The quantitative estimate of drug-likeness (QED) is 0.852. The highest BCUT2D eigenvalue weighted by Gasteiger charge is 2.25. The van der Waals surface area contributed by atoms with Crippen LogP contribution in [0.25, 0.3) is 0 Å². The highest BCUT2D eigenvalue weighted by Crippen LogP contribution is 2.24. The molecule has 2 aliphatic rings. The van der Waals surface area contributed by atoms with Crippen molar-refractivity contribution in [3.05, 3.63) is 24.3 Å². The number of nitrogens with one attached hydrogen (secondary N) is 1. The first-order chi connectivity index (χ1) is 9.72. The smallest absolute Gasteiger partial charge is 0.228 e. The molecule has 5 nitrogen and oxygen atoms in total. The molecule has 2 saturated heterocycles. The number of amides is 2. The van der Waals surface area contributed by atoms with Crippen molar-refractivity contribution in [2.45, 2.75) is 19.3 Å². The Hall–Kier alpha value is -1.88. The molecule has 0 spiro atoms. The third-order valence-electron chi connectivity index (χ3n) is 3.81. The van der Waals surface area contributed by atoms with Crippen molar-refractivity contribution in [3.63, 3.8) is 0 Å². The van der Waals surface area contributed by atoms with Gasteiger partial charge in [-0.2, -0.15) is 0 Å². The molecular formula is C15H18N2O3. The SMILES string of the molecule is O=C(CC1CCOC1)Nc1ccc(N2CCC2=O)cc1. The van der Waals surface area contributed by atoms with Gasteiger partial charge in [0.1, 0.15) is 0 Å². The van der Waals surface area contributed by atoms with Crippen LogP contribution in [-0.2, 0) is 14.3 Å². The Morgan fingerprint density at radius 3 is 2.70 bits per heavy atom. The second-order valence-corrected chi connectivity index (χ2v) is 5.32. The van der Waals surface area contributed by atoms with E-state index in [2.05, 4.69) is 5.32 Å². The Bertz CT molecular complexity index is 506. The summed E-state index contributed by atoms with van der Waals surface area (Å²) in [5.41, 5.74) is 1.66. The van der Waals surface area contributed by atoms with Gasteiger partial charge in [0.25, 0.3) is 0 Å². The Kier molecular flexibility index (Phi) is 3.69. The molecule has 0 radical (unpaired) electrons. The van der Waals surface area contributed by atoms with Crippen LogP contribution in [-0.4, -0.2) is 31.6 Å². The van der Waals surface area contributed by atoms with E-state index in [-0.39, 0.29) is 11.8 Å². The normalized spacial score (nSPS) is 21.7. The predicted octanol–water partition coefficient (Wildman–Crippen LogP) is 1.79. The van der Waals surface area contributed by atoms with E-state index >= 15 is 0 Å². The van der Waals surface area contributed by atoms with Gasteiger partial charge >= 0.3 is 0 Å². The summed E-state index contributed by atoms with van der Waals surface area (Å²) in [6, 6.07) is 7.41. The second kappa shape index (κ2) is 5.63. The average molecular weight is 274 g/mol. The van der Waals surface area contributed by atoms with E-state index < -0.39 is 0 Å². The number of benzene rings is 1. The summed E-state index contributed by atoms with van der Waals surface area (Å²) in [5.74, 6) is 0.518. The number of ether oxygens (including phenoxy) is 1. The van der Waals surface area contributed by atoms with Gasteiger partial charge in [0.05, 0.1) is 0 Å². The van der Waals surface area contributed by atoms with Gasteiger partial charge < -0.3 is 15.0 Å². The lowest BCUT2D eigenvalue weighted by Gasteiger charge is -2.30. The maximum absolute atomic E-state index is 11.9. The fourth-order valence-corrected chi connectivity index (χ4v) is 2.53. The van der Waals surface area contributed by atoms with Gasteiger partial charge in [-0.3, -0.25) is 9.59 Å². The van der Waals surface area contributed by atoms with Crippen LogP contribution in [0, 0.1) is 5.92 Å². The van der Waals surface area contributed by atoms with Crippen molar-refractivity contribution in [1.82, 2.24) is 0 Å². The lowest BCUT2D eigenvalue weighted by atomic mass is 10.0. The molecule has 20 heavy (non-hydrogen) atoms. The van der Waals surface area contributed by atoms with Crippen LogP contribution >= 0.6 is 0 Å². The third kappa shape index (κ3) is 2.82. The van der Waals surface area contributed by atoms with Crippen molar-refractivity contribution in [1.29, 1.82) is 0 Å². The topological polar surface area (TPSA) is 58.6 Å². The van der Waals surface area contributed by atoms with E-state index in [4.69, 9.17) is 4.74 Å². The summed E-state index contributed by atoms with van der Waals surface area (Å²) in [6.45, 7) is 2.23. The summed E-state index contributed by atoms with van der Waals surface area (Å²) in [4.78, 5) is 24.9. The van der Waals surface area contributed by atoms with E-state index in [1.165, 1.54) is 0 Å². The largest absolute Gasteiger partial charge is 0.381 e. The zero-order valence-corrected chi connectivity index (χ0v) is 11.3. The molecule has 2 fully saturated rings. The fourth-order valence-electron chi connectivity index (χ4n) is 2.53. The molecule has 1 atom stereocenters. The van der Waals surface area contributed by atoms with Gasteiger partial charge in [0, 0.05) is 44.0 Å². The molecule has 0 aromatic heterocycles. The Balaban J connectivity index is 1.54. The first-order valence-electron chi connectivity index (χ1n) is 7.00. The van der Waals surface area contributed by atoms with Crippen LogP contribution in [0.5, 0.6) is 0 Å². The van der Waals surface area contributed by atoms with Crippen LogP contribution < -0.4 is 10.2 Å². The molecule has 1 aromatic rings. The lowest BCUT2D eigenvalue weighted by Crippen LogP contribution is -2.43. The number of carbonyl (C=O) groups is 2. The average Bonchev–Trinajstić information content (AvgIpc) is 2.92. The van der Waals surface area contributed by atoms with Crippen LogP contribution in [0.4, 0.5) is 11.4 Å². The molecule has 2 amide bonds. The number of anilines is 2. The predicted molar refractivity (Wildman–Crippen MR) is 75.6 cm³/mol. The molecule has 2 aliphatic heterocycles. The second-order valence-electron chi connectivity index (χ2n) is 5.32. The maximum Gasteiger partial charge on any atom is 0.228 e. The number of carbonyl (C=O) groups excluding carboxylic acids is 2. The number of rotatable bonds is 4. The van der Waals surface area contributed by atoms with Crippen LogP contribution in [0.15, 0.2) is 24.3 Å². The summed E-state index contributed by atoms with van der Waals surface area (Å²) in [7, 11) is 0. The molecule has 0 saturated carbocycles. The molecule has 2 heterocycles. The molecule has 1 aromatic carbocycles. The minimum Gasteiger partial charge on any atom is -0.381 e. The number of hydrogen-bond donors (Lipinski definition) is 1. The maximum atomic E-state index is 11.9. The summed E-state index contributed by atoms with van der Waals surface area (Å²) >= 11 is 0. The minimum atomic E-state index is 0.0216.